The smallest absolute Gasteiger partial charge is 0.229 e. The summed E-state index contributed by atoms with van der Waals surface area (Å²) < 4.78 is 4.88. The van der Waals surface area contributed by atoms with Gasteiger partial charge in [-0.25, -0.2) is 0 Å². The predicted octanol–water partition coefficient (Wildman–Crippen LogP) is 1.87. The molecule has 1 aromatic carbocycles. The van der Waals surface area contributed by atoms with E-state index in [1.165, 1.54) is 11.1 Å². The van der Waals surface area contributed by atoms with Crippen molar-refractivity contribution < 1.29 is 4.52 Å². The second-order valence-electron chi connectivity index (χ2n) is 4.26. The predicted molar refractivity (Wildman–Crippen MR) is 61.5 cm³/mol. The van der Waals surface area contributed by atoms with Crippen molar-refractivity contribution in [2.24, 2.45) is 0 Å². The first kappa shape index (κ1) is 9.42. The Morgan fingerprint density at radius 2 is 2.12 bits per heavy atom. The average molecular weight is 215 g/mol. The summed E-state index contributed by atoms with van der Waals surface area (Å²) in [5.74, 6) is 0.381. The molecule has 1 aliphatic rings. The van der Waals surface area contributed by atoms with Gasteiger partial charge in [-0.05, 0) is 29.8 Å². The highest BCUT2D eigenvalue weighted by Gasteiger charge is 2.17. The van der Waals surface area contributed by atoms with E-state index in [-0.39, 0.29) is 0 Å². The Balaban J connectivity index is 2.06. The quantitative estimate of drug-likeness (QED) is 0.789. The molecule has 3 rings (SSSR count). The van der Waals surface area contributed by atoms with Gasteiger partial charge in [0, 0.05) is 13.1 Å². The molecule has 0 spiro atoms. The molecule has 2 N–H and O–H groups in total. The Morgan fingerprint density at radius 1 is 1.31 bits per heavy atom. The number of fused-ring (bicyclic) bond motifs is 1. The third-order valence-electron chi connectivity index (χ3n) is 3.00. The van der Waals surface area contributed by atoms with Gasteiger partial charge in [0.05, 0.1) is 11.8 Å². The lowest BCUT2D eigenvalue weighted by molar-refractivity contribution is 0.353. The number of rotatable bonds is 1. The molecule has 0 radical (unpaired) electrons. The maximum absolute atomic E-state index is 5.71. The van der Waals surface area contributed by atoms with Gasteiger partial charge in [0.2, 0.25) is 5.88 Å². The number of hydrogen-bond donors (Lipinski definition) is 1. The standard InChI is InChI=1S/C12H13N3O/c1-15-6-9-3-2-8(4-10(9)7-15)11-5-14-16-12(11)13/h2-5H,6-7,13H2,1H3. The van der Waals surface area contributed by atoms with Gasteiger partial charge in [0.25, 0.3) is 0 Å². The third-order valence-corrected chi connectivity index (χ3v) is 3.00. The second-order valence-corrected chi connectivity index (χ2v) is 4.26. The number of nitrogen functional groups attached to an aromatic ring is 1. The lowest BCUT2D eigenvalue weighted by Gasteiger charge is -2.03. The number of hydrogen-bond acceptors (Lipinski definition) is 4. The van der Waals surface area contributed by atoms with Crippen molar-refractivity contribution in [2.45, 2.75) is 13.1 Å². The molecular formula is C12H13N3O. The molecule has 0 unspecified atom stereocenters. The normalized spacial score (nSPS) is 15.3. The molecule has 0 aliphatic carbocycles. The van der Waals surface area contributed by atoms with Crippen LogP contribution in [-0.2, 0) is 13.1 Å². The van der Waals surface area contributed by atoms with Crippen LogP contribution in [0.3, 0.4) is 0 Å². The van der Waals surface area contributed by atoms with Crippen LogP contribution in [0, 0.1) is 0 Å². The molecule has 4 nitrogen and oxygen atoms in total. The van der Waals surface area contributed by atoms with Crippen LogP contribution in [-0.4, -0.2) is 17.1 Å². The van der Waals surface area contributed by atoms with E-state index in [0.29, 0.717) is 5.88 Å². The first-order valence-corrected chi connectivity index (χ1v) is 5.25. The van der Waals surface area contributed by atoms with Crippen LogP contribution in [0.2, 0.25) is 0 Å². The molecule has 0 atom stereocenters. The van der Waals surface area contributed by atoms with Gasteiger partial charge in [-0.15, -0.1) is 0 Å². The zero-order valence-electron chi connectivity index (χ0n) is 9.10. The minimum Gasteiger partial charge on any atom is -0.367 e. The van der Waals surface area contributed by atoms with Gasteiger partial charge in [-0.3, -0.25) is 4.90 Å². The molecule has 0 amide bonds. The van der Waals surface area contributed by atoms with E-state index in [4.69, 9.17) is 10.3 Å². The lowest BCUT2D eigenvalue weighted by atomic mass is 10.0. The Hall–Kier alpha value is -1.81. The SMILES string of the molecule is CN1Cc2ccc(-c3cnoc3N)cc2C1. The number of benzene rings is 1. The summed E-state index contributed by atoms with van der Waals surface area (Å²) in [6, 6.07) is 6.39. The summed E-state index contributed by atoms with van der Waals surface area (Å²) in [6.45, 7) is 2.02. The van der Waals surface area contributed by atoms with Crippen LogP contribution < -0.4 is 5.73 Å². The molecule has 0 saturated carbocycles. The van der Waals surface area contributed by atoms with E-state index in [2.05, 4.69) is 35.3 Å². The Bertz CT molecular complexity index is 533. The van der Waals surface area contributed by atoms with Gasteiger partial charge >= 0.3 is 0 Å². The minimum absolute atomic E-state index is 0.381. The largest absolute Gasteiger partial charge is 0.367 e. The van der Waals surface area contributed by atoms with E-state index in [0.717, 1.165) is 24.2 Å². The number of aromatic nitrogens is 1. The molecule has 4 heteroatoms. The molecule has 82 valence electrons. The van der Waals surface area contributed by atoms with Gasteiger partial charge < -0.3 is 10.3 Å². The van der Waals surface area contributed by atoms with Crippen molar-refractivity contribution in [3.05, 3.63) is 35.5 Å². The number of nitrogens with zero attached hydrogens (tertiary/aromatic N) is 2. The van der Waals surface area contributed by atoms with Crippen LogP contribution >= 0.6 is 0 Å². The molecule has 0 bridgehead atoms. The molecule has 16 heavy (non-hydrogen) atoms. The Kier molecular flexibility index (Phi) is 1.97. The summed E-state index contributed by atoms with van der Waals surface area (Å²) in [4.78, 5) is 2.28. The Morgan fingerprint density at radius 3 is 2.88 bits per heavy atom. The van der Waals surface area contributed by atoms with Gasteiger partial charge in [0.1, 0.15) is 0 Å². The summed E-state index contributed by atoms with van der Waals surface area (Å²) in [7, 11) is 2.12. The molecule has 0 fully saturated rings. The Labute approximate surface area is 93.6 Å². The first-order chi connectivity index (χ1) is 7.74. The summed E-state index contributed by atoms with van der Waals surface area (Å²) in [6.07, 6.45) is 1.66. The lowest BCUT2D eigenvalue weighted by Crippen LogP contribution is -2.07. The van der Waals surface area contributed by atoms with Crippen molar-refractivity contribution in [3.63, 3.8) is 0 Å². The molecule has 1 aromatic heterocycles. The van der Waals surface area contributed by atoms with Gasteiger partial charge in [0.15, 0.2) is 0 Å². The summed E-state index contributed by atoms with van der Waals surface area (Å²) in [5, 5.41) is 3.70. The fourth-order valence-electron chi connectivity index (χ4n) is 2.20. The molecule has 2 aromatic rings. The van der Waals surface area contributed by atoms with Crippen molar-refractivity contribution in [2.75, 3.05) is 12.8 Å². The first-order valence-electron chi connectivity index (χ1n) is 5.25. The van der Waals surface area contributed by atoms with Crippen molar-refractivity contribution >= 4 is 5.88 Å². The highest BCUT2D eigenvalue weighted by Crippen LogP contribution is 2.30. The fourth-order valence-corrected chi connectivity index (χ4v) is 2.20. The molecule has 0 saturated heterocycles. The third kappa shape index (κ3) is 1.39. The van der Waals surface area contributed by atoms with Crippen molar-refractivity contribution in [3.8, 4) is 11.1 Å². The highest BCUT2D eigenvalue weighted by molar-refractivity contribution is 5.72. The topological polar surface area (TPSA) is 55.3 Å². The van der Waals surface area contributed by atoms with E-state index < -0.39 is 0 Å². The maximum atomic E-state index is 5.71. The highest BCUT2D eigenvalue weighted by atomic mass is 16.5. The minimum atomic E-state index is 0.381. The maximum Gasteiger partial charge on any atom is 0.229 e. The van der Waals surface area contributed by atoms with E-state index in [9.17, 15) is 0 Å². The number of nitrogens with two attached hydrogens (primary N) is 1. The monoisotopic (exact) mass is 215 g/mol. The van der Waals surface area contributed by atoms with E-state index in [1.807, 2.05) is 0 Å². The summed E-state index contributed by atoms with van der Waals surface area (Å²) in [5.41, 5.74) is 10.4. The van der Waals surface area contributed by atoms with E-state index in [1.54, 1.807) is 6.20 Å². The molecule has 2 heterocycles. The zero-order chi connectivity index (χ0) is 11.1. The van der Waals surface area contributed by atoms with Crippen LogP contribution in [0.15, 0.2) is 28.9 Å². The second kappa shape index (κ2) is 3.35. The van der Waals surface area contributed by atoms with Crippen LogP contribution in [0.1, 0.15) is 11.1 Å². The van der Waals surface area contributed by atoms with Crippen LogP contribution in [0.4, 0.5) is 5.88 Å². The summed E-state index contributed by atoms with van der Waals surface area (Å²) >= 11 is 0. The van der Waals surface area contributed by atoms with Crippen LogP contribution in [0.5, 0.6) is 0 Å². The number of anilines is 1. The average Bonchev–Trinajstić information content (AvgIpc) is 2.81. The zero-order valence-corrected chi connectivity index (χ0v) is 9.10. The van der Waals surface area contributed by atoms with Gasteiger partial charge in [-0.2, -0.15) is 0 Å². The van der Waals surface area contributed by atoms with Crippen molar-refractivity contribution in [1.82, 2.24) is 10.1 Å². The van der Waals surface area contributed by atoms with Crippen LogP contribution in [0.25, 0.3) is 11.1 Å². The molecular weight excluding hydrogens is 202 g/mol. The molecule has 1 aliphatic heterocycles. The van der Waals surface area contributed by atoms with E-state index >= 15 is 0 Å². The van der Waals surface area contributed by atoms with Crippen molar-refractivity contribution in [1.29, 1.82) is 0 Å². The fraction of sp³-hybridized carbons (Fsp3) is 0.250. The van der Waals surface area contributed by atoms with Gasteiger partial charge in [-0.1, -0.05) is 17.3 Å².